The van der Waals surface area contributed by atoms with E-state index in [9.17, 15) is 19.3 Å². The Bertz CT molecular complexity index is 636. The molecule has 26 heavy (non-hydrogen) atoms. The summed E-state index contributed by atoms with van der Waals surface area (Å²) in [6.07, 6.45) is -1.26. The lowest BCUT2D eigenvalue weighted by Gasteiger charge is -2.18. The number of carbonyl (C=O) groups is 2. The first kappa shape index (κ1) is 22.3. The minimum absolute atomic E-state index is 0.0325. The first-order chi connectivity index (χ1) is 12.3. The molecule has 1 aromatic rings. The lowest BCUT2D eigenvalue weighted by molar-refractivity contribution is -0.131. The van der Waals surface area contributed by atoms with Crippen LogP contribution in [0.25, 0.3) is 0 Å². The number of benzene rings is 1. The largest absolute Gasteiger partial charge is 0.474 e. The third kappa shape index (κ3) is 7.63. The molecule has 0 bridgehead atoms. The van der Waals surface area contributed by atoms with Crippen molar-refractivity contribution in [2.75, 3.05) is 26.4 Å². The third-order valence-corrected chi connectivity index (χ3v) is 4.38. The zero-order chi connectivity index (χ0) is 19.6. The van der Waals surface area contributed by atoms with Crippen LogP contribution in [0.1, 0.15) is 31.1 Å². The molecule has 1 rings (SSSR count). The molecule has 1 unspecified atom stereocenters. The lowest BCUT2D eigenvalue weighted by Crippen LogP contribution is -2.24. The summed E-state index contributed by atoms with van der Waals surface area (Å²) >= 11 is 0. The number of phosphoric ester groups is 1. The zero-order valence-corrected chi connectivity index (χ0v) is 15.8. The van der Waals surface area contributed by atoms with Crippen molar-refractivity contribution < 1.29 is 42.3 Å². The molecular formula is C16H23O9P. The Balaban J connectivity index is 2.57. The highest BCUT2D eigenvalue weighted by Crippen LogP contribution is 2.49. The number of aliphatic hydroxyl groups is 1. The number of rotatable bonds is 11. The molecule has 1 atom stereocenters. The highest BCUT2D eigenvalue weighted by Gasteiger charge is 2.27. The van der Waals surface area contributed by atoms with Crippen molar-refractivity contribution in [3.63, 3.8) is 0 Å². The van der Waals surface area contributed by atoms with Gasteiger partial charge in [0.15, 0.2) is 0 Å². The van der Waals surface area contributed by atoms with Gasteiger partial charge >= 0.3 is 19.8 Å². The summed E-state index contributed by atoms with van der Waals surface area (Å²) in [5, 5.41) is 9.84. The minimum Gasteiger partial charge on any atom is -0.459 e. The molecule has 9 nitrogen and oxygen atoms in total. The van der Waals surface area contributed by atoms with Gasteiger partial charge in [0.25, 0.3) is 0 Å². The second-order valence-electron chi connectivity index (χ2n) is 4.92. The molecule has 1 N–H and O–H groups in total. The van der Waals surface area contributed by atoms with E-state index in [4.69, 9.17) is 23.0 Å². The third-order valence-electron chi connectivity index (χ3n) is 2.77. The molecule has 0 radical (unpaired) electrons. The van der Waals surface area contributed by atoms with E-state index in [0.717, 1.165) is 0 Å². The van der Waals surface area contributed by atoms with Crippen LogP contribution < -0.4 is 4.74 Å². The van der Waals surface area contributed by atoms with E-state index in [2.05, 4.69) is 0 Å². The SMILES string of the molecule is CCOP(=O)(OCC)OCC(O)COC(=O)c1ccccc1OC(C)=O. The Kier molecular flexibility index (Phi) is 9.47. The van der Waals surface area contributed by atoms with Crippen molar-refractivity contribution in [2.45, 2.75) is 26.9 Å². The van der Waals surface area contributed by atoms with Crippen molar-refractivity contribution in [1.82, 2.24) is 0 Å². The Morgan fingerprint density at radius 1 is 1.08 bits per heavy atom. The maximum absolute atomic E-state index is 12.1. The molecule has 0 spiro atoms. The first-order valence-electron chi connectivity index (χ1n) is 7.97. The van der Waals surface area contributed by atoms with Crippen molar-refractivity contribution in [1.29, 1.82) is 0 Å². The molecule has 0 amide bonds. The monoisotopic (exact) mass is 390 g/mol. The summed E-state index contributed by atoms with van der Waals surface area (Å²) < 4.78 is 36.8. The van der Waals surface area contributed by atoms with Crippen LogP contribution in [0.2, 0.25) is 0 Å². The number of phosphoric acid groups is 1. The molecule has 0 aliphatic heterocycles. The van der Waals surface area contributed by atoms with E-state index >= 15 is 0 Å². The van der Waals surface area contributed by atoms with Crippen molar-refractivity contribution >= 4 is 19.8 Å². The number of para-hydroxylation sites is 1. The van der Waals surface area contributed by atoms with Crippen LogP contribution in [0.4, 0.5) is 0 Å². The zero-order valence-electron chi connectivity index (χ0n) is 14.9. The van der Waals surface area contributed by atoms with E-state index in [0.29, 0.717) is 0 Å². The van der Waals surface area contributed by atoms with Crippen LogP contribution >= 0.6 is 7.82 Å². The summed E-state index contributed by atoms with van der Waals surface area (Å²) in [4.78, 5) is 23.1. The van der Waals surface area contributed by atoms with Gasteiger partial charge in [-0.25, -0.2) is 9.36 Å². The van der Waals surface area contributed by atoms with Crippen LogP contribution in [0, 0.1) is 0 Å². The lowest BCUT2D eigenvalue weighted by atomic mass is 10.2. The fourth-order valence-electron chi connectivity index (χ4n) is 1.78. The molecule has 0 heterocycles. The summed E-state index contributed by atoms with van der Waals surface area (Å²) in [5.41, 5.74) is 0.0325. The van der Waals surface area contributed by atoms with Gasteiger partial charge in [-0.1, -0.05) is 12.1 Å². The maximum atomic E-state index is 12.1. The van der Waals surface area contributed by atoms with Crippen LogP contribution in [0.3, 0.4) is 0 Å². The average Bonchev–Trinajstić information content (AvgIpc) is 2.58. The molecule has 10 heteroatoms. The van der Waals surface area contributed by atoms with Gasteiger partial charge in [-0.15, -0.1) is 0 Å². The standard InChI is InChI=1S/C16H23O9P/c1-4-22-26(20,23-5-2)24-11-13(18)10-21-16(19)14-8-6-7-9-15(14)25-12(3)17/h6-9,13,18H,4-5,10-11H2,1-3H3. The predicted octanol–water partition coefficient (Wildman–Crippen LogP) is 2.33. The number of esters is 2. The molecular weight excluding hydrogens is 367 g/mol. The van der Waals surface area contributed by atoms with Gasteiger partial charge in [0.1, 0.15) is 24.0 Å². The van der Waals surface area contributed by atoms with Gasteiger partial charge in [-0.05, 0) is 26.0 Å². The molecule has 0 fully saturated rings. The number of ether oxygens (including phenoxy) is 2. The highest BCUT2D eigenvalue weighted by molar-refractivity contribution is 7.48. The Morgan fingerprint density at radius 2 is 1.69 bits per heavy atom. The van der Waals surface area contributed by atoms with Gasteiger partial charge in [0, 0.05) is 6.92 Å². The molecule has 0 aromatic heterocycles. The summed E-state index contributed by atoms with van der Waals surface area (Å²) in [6.45, 7) is 3.81. The van der Waals surface area contributed by atoms with E-state index < -0.39 is 39.1 Å². The second-order valence-corrected chi connectivity index (χ2v) is 6.59. The topological polar surface area (TPSA) is 118 Å². The fraction of sp³-hybridized carbons (Fsp3) is 0.500. The van der Waals surface area contributed by atoms with Crippen molar-refractivity contribution in [2.24, 2.45) is 0 Å². The summed E-state index contributed by atoms with van der Waals surface area (Å²) in [5.74, 6) is -1.33. The van der Waals surface area contributed by atoms with Crippen LogP contribution in [-0.4, -0.2) is 49.6 Å². The van der Waals surface area contributed by atoms with Gasteiger partial charge in [-0.3, -0.25) is 18.4 Å². The van der Waals surface area contributed by atoms with Crippen molar-refractivity contribution in [3.05, 3.63) is 29.8 Å². The number of hydrogen-bond acceptors (Lipinski definition) is 9. The Hall–Kier alpha value is -1.77. The van der Waals surface area contributed by atoms with E-state index in [1.54, 1.807) is 26.0 Å². The molecule has 146 valence electrons. The quantitative estimate of drug-likeness (QED) is 0.345. The van der Waals surface area contributed by atoms with Crippen LogP contribution in [0.5, 0.6) is 5.75 Å². The summed E-state index contributed by atoms with van der Waals surface area (Å²) in [7, 11) is -3.76. The van der Waals surface area contributed by atoms with E-state index in [1.807, 2.05) is 0 Å². The Labute approximate surface area is 151 Å². The first-order valence-corrected chi connectivity index (χ1v) is 9.43. The molecule has 0 saturated heterocycles. The highest BCUT2D eigenvalue weighted by atomic mass is 31.2. The second kappa shape index (κ2) is 11.1. The number of aliphatic hydroxyl groups excluding tert-OH is 1. The molecule has 0 saturated carbocycles. The van der Waals surface area contributed by atoms with Gasteiger partial charge in [-0.2, -0.15) is 0 Å². The fourth-order valence-corrected chi connectivity index (χ4v) is 2.99. The maximum Gasteiger partial charge on any atom is 0.474 e. The van der Waals surface area contributed by atoms with Gasteiger partial charge in [0.2, 0.25) is 0 Å². The molecule has 0 aliphatic carbocycles. The Morgan fingerprint density at radius 3 is 2.27 bits per heavy atom. The predicted molar refractivity (Wildman–Crippen MR) is 90.9 cm³/mol. The summed E-state index contributed by atoms with van der Waals surface area (Å²) in [6, 6.07) is 6.03. The molecule has 1 aromatic carbocycles. The van der Waals surface area contributed by atoms with E-state index in [1.165, 1.54) is 19.1 Å². The average molecular weight is 390 g/mol. The van der Waals surface area contributed by atoms with Crippen molar-refractivity contribution in [3.8, 4) is 5.75 Å². The van der Waals surface area contributed by atoms with Gasteiger partial charge in [0.05, 0.1) is 19.8 Å². The van der Waals surface area contributed by atoms with Crippen LogP contribution in [-0.2, 0) is 27.7 Å². The number of hydrogen-bond donors (Lipinski definition) is 1. The molecule has 0 aliphatic rings. The van der Waals surface area contributed by atoms with Crippen LogP contribution in [0.15, 0.2) is 24.3 Å². The normalized spacial score (nSPS) is 12.5. The minimum atomic E-state index is -3.76. The smallest absolute Gasteiger partial charge is 0.459 e. The van der Waals surface area contributed by atoms with Gasteiger partial charge < -0.3 is 14.6 Å². The number of carbonyl (C=O) groups excluding carboxylic acids is 2. The van der Waals surface area contributed by atoms with E-state index in [-0.39, 0.29) is 24.5 Å².